The van der Waals surface area contributed by atoms with Gasteiger partial charge in [0.15, 0.2) is 0 Å². The first-order valence-corrected chi connectivity index (χ1v) is 7.12. The lowest BCUT2D eigenvalue weighted by Gasteiger charge is -2.30. The number of carboxylic acids is 1. The normalized spacial score (nSPS) is 15.9. The molecular weight excluding hydrogens is 318 g/mol. The van der Waals surface area contributed by atoms with Gasteiger partial charge in [-0.15, -0.1) is 0 Å². The second-order valence-electron chi connectivity index (χ2n) is 5.07. The Morgan fingerprint density at radius 2 is 1.95 bits per heavy atom. The van der Waals surface area contributed by atoms with Crippen LogP contribution in [-0.2, 0) is 4.79 Å². The minimum Gasteiger partial charge on any atom is -0.481 e. The summed E-state index contributed by atoms with van der Waals surface area (Å²) in [4.78, 5) is 24.4. The molecule has 0 unspecified atom stereocenters. The molecule has 120 valence electrons. The molecule has 0 aromatic heterocycles. The largest absolute Gasteiger partial charge is 0.481 e. The van der Waals surface area contributed by atoms with Gasteiger partial charge < -0.3 is 15.3 Å². The molecule has 0 aliphatic carbocycles. The van der Waals surface area contributed by atoms with Crippen LogP contribution in [0.25, 0.3) is 0 Å². The molecule has 1 aliphatic heterocycles. The van der Waals surface area contributed by atoms with Crippen molar-refractivity contribution in [2.24, 2.45) is 5.92 Å². The van der Waals surface area contributed by atoms with E-state index in [0.717, 1.165) is 6.07 Å². The van der Waals surface area contributed by atoms with Crippen LogP contribution in [0.15, 0.2) is 18.2 Å². The Bertz CT molecular complexity index is 575. The third kappa shape index (κ3) is 3.85. The molecule has 0 radical (unpaired) electrons. The van der Waals surface area contributed by atoms with Crippen LogP contribution in [0.2, 0.25) is 5.02 Å². The Balaban J connectivity index is 2.01. The molecule has 1 aliphatic rings. The number of nitrogens with one attached hydrogen (secondary N) is 1. The first-order valence-electron chi connectivity index (χ1n) is 6.75. The lowest BCUT2D eigenvalue weighted by molar-refractivity contribution is -0.143. The van der Waals surface area contributed by atoms with Crippen molar-refractivity contribution in [1.29, 1.82) is 0 Å². The second kappa shape index (κ2) is 6.91. The Hall–Kier alpha value is -1.89. The number of nitrogens with zero attached hydrogens (tertiary/aromatic N) is 1. The maximum Gasteiger partial charge on any atom is 0.321 e. The summed E-state index contributed by atoms with van der Waals surface area (Å²) in [5.74, 6) is -1.32. The number of likely N-dealkylation sites (tertiary alicyclic amines) is 1. The number of alkyl halides is 2. The maximum absolute atomic E-state index is 12.7. The molecule has 0 saturated carbocycles. The number of urea groups is 1. The number of halogens is 3. The molecule has 1 heterocycles. The van der Waals surface area contributed by atoms with Crippen LogP contribution in [0.3, 0.4) is 0 Å². The van der Waals surface area contributed by atoms with Gasteiger partial charge in [0.1, 0.15) is 0 Å². The van der Waals surface area contributed by atoms with Crippen LogP contribution >= 0.6 is 11.6 Å². The maximum atomic E-state index is 12.7. The van der Waals surface area contributed by atoms with E-state index in [9.17, 15) is 18.4 Å². The molecule has 0 atom stereocenters. The standard InChI is InChI=1S/C14H15ClF2N2O3/c15-10-2-1-9(12(16)17)7-11(10)18-14(22)19-5-3-8(4-6-19)13(20)21/h1-2,7-8,12H,3-6H2,(H,18,22)(H,20,21). The number of rotatable bonds is 3. The van der Waals surface area contributed by atoms with E-state index in [1.807, 2.05) is 0 Å². The minimum atomic E-state index is -2.65. The van der Waals surface area contributed by atoms with E-state index in [2.05, 4.69) is 5.32 Å². The number of aliphatic carboxylic acids is 1. The quantitative estimate of drug-likeness (QED) is 0.888. The van der Waals surface area contributed by atoms with Crippen LogP contribution in [0.5, 0.6) is 0 Å². The number of hydrogen-bond donors (Lipinski definition) is 2. The highest BCUT2D eigenvalue weighted by Gasteiger charge is 2.27. The Morgan fingerprint density at radius 1 is 1.32 bits per heavy atom. The number of anilines is 1. The zero-order valence-corrected chi connectivity index (χ0v) is 12.3. The van der Waals surface area contributed by atoms with E-state index in [0.29, 0.717) is 25.9 Å². The molecule has 1 saturated heterocycles. The third-order valence-electron chi connectivity index (χ3n) is 3.62. The summed E-state index contributed by atoms with van der Waals surface area (Å²) in [6, 6.07) is 3.16. The molecule has 2 N–H and O–H groups in total. The van der Waals surface area contributed by atoms with Crippen LogP contribution in [0.1, 0.15) is 24.8 Å². The van der Waals surface area contributed by atoms with Gasteiger partial charge in [0.2, 0.25) is 0 Å². The molecule has 1 aromatic carbocycles. The summed E-state index contributed by atoms with van der Waals surface area (Å²) in [5, 5.41) is 11.6. The van der Waals surface area contributed by atoms with E-state index in [1.165, 1.54) is 17.0 Å². The first kappa shape index (κ1) is 16.5. The fourth-order valence-electron chi connectivity index (χ4n) is 2.30. The van der Waals surface area contributed by atoms with Gasteiger partial charge in [-0.1, -0.05) is 17.7 Å². The number of piperidine rings is 1. The fourth-order valence-corrected chi connectivity index (χ4v) is 2.46. The molecule has 22 heavy (non-hydrogen) atoms. The molecule has 0 spiro atoms. The van der Waals surface area contributed by atoms with Gasteiger partial charge in [-0.2, -0.15) is 0 Å². The number of carbonyl (C=O) groups excluding carboxylic acids is 1. The van der Waals surface area contributed by atoms with Gasteiger partial charge in [0, 0.05) is 18.7 Å². The van der Waals surface area contributed by atoms with Crippen LogP contribution < -0.4 is 5.32 Å². The molecule has 2 amide bonds. The zero-order valence-electron chi connectivity index (χ0n) is 11.6. The Kier molecular flexibility index (Phi) is 5.18. The van der Waals surface area contributed by atoms with Gasteiger partial charge in [-0.05, 0) is 25.0 Å². The van der Waals surface area contributed by atoms with Crippen LogP contribution in [-0.4, -0.2) is 35.1 Å². The van der Waals surface area contributed by atoms with Crippen molar-refractivity contribution < 1.29 is 23.5 Å². The second-order valence-corrected chi connectivity index (χ2v) is 5.48. The fraction of sp³-hybridized carbons (Fsp3) is 0.429. The van der Waals surface area contributed by atoms with Crippen molar-refractivity contribution in [2.45, 2.75) is 19.3 Å². The van der Waals surface area contributed by atoms with E-state index in [1.54, 1.807) is 0 Å². The highest BCUT2D eigenvalue weighted by molar-refractivity contribution is 6.33. The molecule has 2 rings (SSSR count). The number of hydrogen-bond acceptors (Lipinski definition) is 2. The van der Waals surface area contributed by atoms with Crippen molar-refractivity contribution in [2.75, 3.05) is 18.4 Å². The summed E-state index contributed by atoms with van der Waals surface area (Å²) < 4.78 is 25.3. The molecular formula is C14H15ClF2N2O3. The first-order chi connectivity index (χ1) is 10.4. The predicted molar refractivity (Wildman–Crippen MR) is 77.4 cm³/mol. The predicted octanol–water partition coefficient (Wildman–Crippen LogP) is 3.61. The highest BCUT2D eigenvalue weighted by atomic mass is 35.5. The number of carboxylic acid groups (broad SMARTS) is 1. The summed E-state index contributed by atoms with van der Waals surface area (Å²) in [5.41, 5.74) is -0.117. The van der Waals surface area contributed by atoms with E-state index >= 15 is 0 Å². The minimum absolute atomic E-state index is 0.116. The van der Waals surface area contributed by atoms with Gasteiger partial charge in [0.25, 0.3) is 6.43 Å². The zero-order chi connectivity index (χ0) is 16.3. The van der Waals surface area contributed by atoms with Gasteiger partial charge in [-0.3, -0.25) is 4.79 Å². The summed E-state index contributed by atoms with van der Waals surface area (Å²) in [6.45, 7) is 0.601. The van der Waals surface area contributed by atoms with E-state index < -0.39 is 24.3 Å². The van der Waals surface area contributed by atoms with E-state index in [4.69, 9.17) is 16.7 Å². The lowest BCUT2D eigenvalue weighted by Crippen LogP contribution is -2.42. The monoisotopic (exact) mass is 332 g/mol. The number of carbonyl (C=O) groups is 2. The van der Waals surface area contributed by atoms with Gasteiger partial charge in [-0.25, -0.2) is 13.6 Å². The van der Waals surface area contributed by atoms with Crippen LogP contribution in [0.4, 0.5) is 19.3 Å². The topological polar surface area (TPSA) is 69.6 Å². The average molecular weight is 333 g/mol. The molecule has 8 heteroatoms. The number of amides is 2. The molecule has 1 aromatic rings. The highest BCUT2D eigenvalue weighted by Crippen LogP contribution is 2.28. The lowest BCUT2D eigenvalue weighted by atomic mass is 9.97. The SMILES string of the molecule is O=C(O)C1CCN(C(=O)Nc2cc(C(F)F)ccc2Cl)CC1. The third-order valence-corrected chi connectivity index (χ3v) is 3.94. The van der Waals surface area contributed by atoms with Crippen molar-refractivity contribution in [3.63, 3.8) is 0 Å². The summed E-state index contributed by atoms with van der Waals surface area (Å²) in [6.07, 6.45) is -1.92. The van der Waals surface area contributed by atoms with Crippen molar-refractivity contribution in [1.82, 2.24) is 4.90 Å². The van der Waals surface area contributed by atoms with Crippen molar-refractivity contribution >= 4 is 29.3 Å². The number of benzene rings is 1. The molecule has 1 fully saturated rings. The van der Waals surface area contributed by atoms with Gasteiger partial charge >= 0.3 is 12.0 Å². The van der Waals surface area contributed by atoms with Crippen molar-refractivity contribution in [3.8, 4) is 0 Å². The molecule has 5 nitrogen and oxygen atoms in total. The van der Waals surface area contributed by atoms with Gasteiger partial charge in [0.05, 0.1) is 16.6 Å². The smallest absolute Gasteiger partial charge is 0.321 e. The van der Waals surface area contributed by atoms with E-state index in [-0.39, 0.29) is 16.3 Å². The molecule has 0 bridgehead atoms. The average Bonchev–Trinajstić information content (AvgIpc) is 2.49. The summed E-state index contributed by atoms with van der Waals surface area (Å²) in [7, 11) is 0. The van der Waals surface area contributed by atoms with Crippen LogP contribution in [0, 0.1) is 5.92 Å². The summed E-state index contributed by atoms with van der Waals surface area (Å²) >= 11 is 5.89. The van der Waals surface area contributed by atoms with Crippen molar-refractivity contribution in [3.05, 3.63) is 28.8 Å². The Labute approximate surface area is 130 Å². The Morgan fingerprint density at radius 3 is 2.50 bits per heavy atom.